The maximum Gasteiger partial charge on any atom is 0.317 e. The zero-order valence-electron chi connectivity index (χ0n) is 13.6. The van der Waals surface area contributed by atoms with Gasteiger partial charge in [0.05, 0.1) is 0 Å². The molecule has 3 amide bonds. The van der Waals surface area contributed by atoms with E-state index in [-0.39, 0.29) is 23.9 Å². The molecule has 0 spiro atoms. The second kappa shape index (κ2) is 6.55. The SMILES string of the molecule is Cc1noc(C2CCN(C(=O)NC3CCC(=O)N(C)C3)CC2)n1. The van der Waals surface area contributed by atoms with Crippen LogP contribution in [-0.2, 0) is 4.79 Å². The summed E-state index contributed by atoms with van der Waals surface area (Å²) in [6.07, 6.45) is 2.88. The van der Waals surface area contributed by atoms with Gasteiger partial charge in [-0.3, -0.25) is 4.79 Å². The molecule has 1 aromatic heterocycles. The van der Waals surface area contributed by atoms with Gasteiger partial charge in [0.2, 0.25) is 11.8 Å². The number of hydrogen-bond donors (Lipinski definition) is 1. The van der Waals surface area contributed by atoms with Gasteiger partial charge in [0, 0.05) is 45.1 Å². The molecular weight excluding hydrogens is 298 g/mol. The van der Waals surface area contributed by atoms with E-state index in [1.54, 1.807) is 11.9 Å². The summed E-state index contributed by atoms with van der Waals surface area (Å²) in [6.45, 7) is 3.75. The van der Waals surface area contributed by atoms with E-state index in [0.29, 0.717) is 44.2 Å². The molecule has 2 aliphatic heterocycles. The van der Waals surface area contributed by atoms with Crippen LogP contribution >= 0.6 is 0 Å². The molecule has 8 nitrogen and oxygen atoms in total. The summed E-state index contributed by atoms with van der Waals surface area (Å²) in [7, 11) is 1.78. The first-order valence-corrected chi connectivity index (χ1v) is 8.12. The van der Waals surface area contributed by atoms with Gasteiger partial charge in [0.25, 0.3) is 0 Å². The number of nitrogens with zero attached hydrogens (tertiary/aromatic N) is 4. The van der Waals surface area contributed by atoms with Gasteiger partial charge in [-0.15, -0.1) is 0 Å². The van der Waals surface area contributed by atoms with Crippen LogP contribution in [0.15, 0.2) is 4.52 Å². The lowest BCUT2D eigenvalue weighted by atomic mass is 9.97. The van der Waals surface area contributed by atoms with Crippen LogP contribution in [-0.4, -0.2) is 64.6 Å². The van der Waals surface area contributed by atoms with Gasteiger partial charge in [-0.2, -0.15) is 4.98 Å². The number of likely N-dealkylation sites (N-methyl/N-ethyl adjacent to an activating group) is 1. The van der Waals surface area contributed by atoms with E-state index in [2.05, 4.69) is 15.5 Å². The number of piperidine rings is 2. The predicted molar refractivity (Wildman–Crippen MR) is 81.8 cm³/mol. The molecule has 1 atom stereocenters. The number of nitrogens with one attached hydrogen (secondary N) is 1. The van der Waals surface area contributed by atoms with Crippen molar-refractivity contribution in [1.82, 2.24) is 25.3 Å². The minimum atomic E-state index is -0.0436. The Labute approximate surface area is 135 Å². The smallest absolute Gasteiger partial charge is 0.317 e. The fraction of sp³-hybridized carbons (Fsp3) is 0.733. The first-order chi connectivity index (χ1) is 11.0. The second-order valence-electron chi connectivity index (χ2n) is 6.40. The number of rotatable bonds is 2. The van der Waals surface area contributed by atoms with Crippen LogP contribution in [0.1, 0.15) is 43.3 Å². The second-order valence-corrected chi connectivity index (χ2v) is 6.40. The first-order valence-electron chi connectivity index (χ1n) is 8.12. The molecule has 8 heteroatoms. The van der Waals surface area contributed by atoms with E-state index in [1.807, 2.05) is 11.8 Å². The van der Waals surface area contributed by atoms with Crippen molar-refractivity contribution >= 4 is 11.9 Å². The predicted octanol–water partition coefficient (Wildman–Crippen LogP) is 0.888. The molecule has 0 aromatic carbocycles. The largest absolute Gasteiger partial charge is 0.344 e. The number of amides is 3. The van der Waals surface area contributed by atoms with Crippen molar-refractivity contribution in [2.45, 2.75) is 44.6 Å². The molecule has 2 saturated heterocycles. The Hall–Kier alpha value is -2.12. The van der Waals surface area contributed by atoms with Crippen LogP contribution in [0.3, 0.4) is 0 Å². The fourth-order valence-electron chi connectivity index (χ4n) is 3.20. The Bertz CT molecular complexity index is 579. The molecule has 0 saturated carbocycles. The van der Waals surface area contributed by atoms with Gasteiger partial charge in [-0.25, -0.2) is 4.79 Å². The summed E-state index contributed by atoms with van der Waals surface area (Å²) >= 11 is 0. The van der Waals surface area contributed by atoms with Crippen LogP contribution in [0.4, 0.5) is 4.79 Å². The molecule has 3 rings (SSSR count). The molecule has 2 fully saturated rings. The zero-order valence-corrected chi connectivity index (χ0v) is 13.6. The topological polar surface area (TPSA) is 91.6 Å². The van der Waals surface area contributed by atoms with Gasteiger partial charge in [0.15, 0.2) is 5.82 Å². The molecule has 0 aliphatic carbocycles. The Morgan fingerprint density at radius 2 is 2.04 bits per heavy atom. The quantitative estimate of drug-likeness (QED) is 0.873. The van der Waals surface area contributed by atoms with E-state index >= 15 is 0 Å². The van der Waals surface area contributed by atoms with Crippen LogP contribution in [0.25, 0.3) is 0 Å². The minimum Gasteiger partial charge on any atom is -0.344 e. The van der Waals surface area contributed by atoms with Crippen molar-refractivity contribution < 1.29 is 14.1 Å². The molecule has 0 radical (unpaired) electrons. The number of likely N-dealkylation sites (tertiary alicyclic amines) is 2. The fourth-order valence-corrected chi connectivity index (χ4v) is 3.20. The summed E-state index contributed by atoms with van der Waals surface area (Å²) in [5, 5.41) is 6.87. The molecule has 2 aliphatic rings. The lowest BCUT2D eigenvalue weighted by Crippen LogP contribution is -2.53. The molecule has 1 N–H and O–H groups in total. The van der Waals surface area contributed by atoms with Crippen LogP contribution < -0.4 is 5.32 Å². The maximum atomic E-state index is 12.4. The molecule has 3 heterocycles. The molecular formula is C15H23N5O3. The number of aryl methyl sites for hydroxylation is 1. The number of aromatic nitrogens is 2. The first kappa shape index (κ1) is 15.8. The van der Waals surface area contributed by atoms with Crippen LogP contribution in [0.2, 0.25) is 0 Å². The van der Waals surface area contributed by atoms with Crippen molar-refractivity contribution in [3.05, 3.63) is 11.7 Å². The summed E-state index contributed by atoms with van der Waals surface area (Å²) in [5.41, 5.74) is 0. The summed E-state index contributed by atoms with van der Waals surface area (Å²) in [4.78, 5) is 31.6. The third-order valence-electron chi connectivity index (χ3n) is 4.63. The van der Waals surface area contributed by atoms with Crippen molar-refractivity contribution in [2.75, 3.05) is 26.7 Å². The number of urea groups is 1. The van der Waals surface area contributed by atoms with Crippen molar-refractivity contribution in [2.24, 2.45) is 0 Å². The molecule has 0 bridgehead atoms. The molecule has 1 unspecified atom stereocenters. The monoisotopic (exact) mass is 321 g/mol. The summed E-state index contributed by atoms with van der Waals surface area (Å²) < 4.78 is 5.23. The van der Waals surface area contributed by atoms with Crippen LogP contribution in [0.5, 0.6) is 0 Å². The Morgan fingerprint density at radius 3 is 2.65 bits per heavy atom. The highest BCUT2D eigenvalue weighted by Crippen LogP contribution is 2.26. The molecule has 126 valence electrons. The average Bonchev–Trinajstić information content (AvgIpc) is 2.97. The van der Waals surface area contributed by atoms with Crippen molar-refractivity contribution in [3.8, 4) is 0 Å². The normalized spacial score (nSPS) is 23.2. The van der Waals surface area contributed by atoms with Gasteiger partial charge in [0.1, 0.15) is 0 Å². The third kappa shape index (κ3) is 3.62. The molecule has 1 aromatic rings. The van der Waals surface area contributed by atoms with E-state index in [4.69, 9.17) is 4.52 Å². The van der Waals surface area contributed by atoms with Gasteiger partial charge in [-0.1, -0.05) is 5.16 Å². The summed E-state index contributed by atoms with van der Waals surface area (Å²) in [6, 6.07) is -0.000535. The van der Waals surface area contributed by atoms with Gasteiger partial charge in [-0.05, 0) is 26.2 Å². The van der Waals surface area contributed by atoms with E-state index in [9.17, 15) is 9.59 Å². The van der Waals surface area contributed by atoms with Gasteiger partial charge < -0.3 is 19.6 Å². The Morgan fingerprint density at radius 1 is 1.30 bits per heavy atom. The lowest BCUT2D eigenvalue weighted by Gasteiger charge is -2.34. The highest BCUT2D eigenvalue weighted by Gasteiger charge is 2.29. The van der Waals surface area contributed by atoms with Crippen molar-refractivity contribution in [1.29, 1.82) is 0 Å². The number of hydrogen-bond acceptors (Lipinski definition) is 5. The maximum absolute atomic E-state index is 12.4. The summed E-state index contributed by atoms with van der Waals surface area (Å²) in [5.74, 6) is 1.70. The van der Waals surface area contributed by atoms with E-state index < -0.39 is 0 Å². The lowest BCUT2D eigenvalue weighted by molar-refractivity contribution is -0.132. The standard InChI is InChI=1S/C15H23N5O3/c1-10-16-14(23-18-10)11-5-7-20(8-6-11)15(22)17-12-3-4-13(21)19(2)9-12/h11-12H,3-9H2,1-2H3,(H,17,22). The highest BCUT2D eigenvalue weighted by molar-refractivity contribution is 5.78. The van der Waals surface area contributed by atoms with Crippen molar-refractivity contribution in [3.63, 3.8) is 0 Å². The van der Waals surface area contributed by atoms with E-state index in [1.165, 1.54) is 0 Å². The average molecular weight is 321 g/mol. The minimum absolute atomic E-state index is 0.0431. The number of carbonyl (C=O) groups excluding carboxylic acids is 2. The molecule has 23 heavy (non-hydrogen) atoms. The van der Waals surface area contributed by atoms with Crippen LogP contribution in [0, 0.1) is 6.92 Å². The van der Waals surface area contributed by atoms with E-state index in [0.717, 1.165) is 12.8 Å². The van der Waals surface area contributed by atoms with Gasteiger partial charge >= 0.3 is 6.03 Å². The third-order valence-corrected chi connectivity index (χ3v) is 4.63. The number of carbonyl (C=O) groups is 2. The Kier molecular flexibility index (Phi) is 4.49. The highest BCUT2D eigenvalue weighted by atomic mass is 16.5. The Balaban J connectivity index is 1.47. The zero-order chi connectivity index (χ0) is 16.4.